The summed E-state index contributed by atoms with van der Waals surface area (Å²) in [5.74, 6) is 0.411. The van der Waals surface area contributed by atoms with Crippen LogP contribution in [0.15, 0.2) is 22.7 Å². The Morgan fingerprint density at radius 3 is 2.69 bits per heavy atom. The van der Waals surface area contributed by atoms with Crippen molar-refractivity contribution in [1.82, 2.24) is 0 Å². The molecule has 0 aromatic heterocycles. The van der Waals surface area contributed by atoms with E-state index in [1.807, 2.05) is 24.4 Å². The molecule has 0 aliphatic carbocycles. The molecule has 0 heterocycles. The van der Waals surface area contributed by atoms with Crippen molar-refractivity contribution in [2.24, 2.45) is 0 Å². The van der Waals surface area contributed by atoms with Gasteiger partial charge in [-0.25, -0.2) is 0 Å². The number of rotatable bonds is 2. The van der Waals surface area contributed by atoms with Crippen LogP contribution in [0, 0.1) is 11.5 Å². The monoisotopic (exact) mass is 238 g/mol. The van der Waals surface area contributed by atoms with Gasteiger partial charge in [0.05, 0.1) is 5.69 Å². The van der Waals surface area contributed by atoms with Crippen LogP contribution in [0.5, 0.6) is 0 Å². The average molecular weight is 239 g/mol. The van der Waals surface area contributed by atoms with E-state index in [0.717, 1.165) is 15.7 Å². The summed E-state index contributed by atoms with van der Waals surface area (Å²) in [6.45, 7) is 4.20. The van der Waals surface area contributed by atoms with E-state index >= 15 is 0 Å². The van der Waals surface area contributed by atoms with Gasteiger partial charge in [0.15, 0.2) is 6.19 Å². The highest BCUT2D eigenvalue weighted by Gasteiger charge is 2.06. The molecule has 0 aliphatic heterocycles. The molecule has 0 saturated heterocycles. The molecule has 0 aliphatic rings. The molecule has 0 amide bonds. The zero-order chi connectivity index (χ0) is 9.84. The van der Waals surface area contributed by atoms with Gasteiger partial charge in [0.1, 0.15) is 0 Å². The van der Waals surface area contributed by atoms with Gasteiger partial charge in [0, 0.05) is 4.47 Å². The third kappa shape index (κ3) is 2.46. The molecule has 0 radical (unpaired) electrons. The number of hydrogen-bond acceptors (Lipinski definition) is 2. The van der Waals surface area contributed by atoms with Gasteiger partial charge in [0.2, 0.25) is 0 Å². The van der Waals surface area contributed by atoms with Crippen molar-refractivity contribution in [1.29, 1.82) is 5.26 Å². The van der Waals surface area contributed by atoms with Gasteiger partial charge in [-0.15, -0.1) is 0 Å². The van der Waals surface area contributed by atoms with Crippen molar-refractivity contribution in [2.45, 2.75) is 19.8 Å². The maximum absolute atomic E-state index is 8.52. The van der Waals surface area contributed by atoms with Gasteiger partial charge >= 0.3 is 0 Å². The fourth-order valence-corrected chi connectivity index (χ4v) is 1.56. The lowest BCUT2D eigenvalue weighted by atomic mass is 10.0. The van der Waals surface area contributed by atoms with Crippen LogP contribution in [0.2, 0.25) is 0 Å². The summed E-state index contributed by atoms with van der Waals surface area (Å²) in [5, 5.41) is 11.2. The summed E-state index contributed by atoms with van der Waals surface area (Å²) in [6.07, 6.45) is 1.93. The third-order valence-electron chi connectivity index (χ3n) is 1.83. The van der Waals surface area contributed by atoms with E-state index in [2.05, 4.69) is 35.1 Å². The highest BCUT2D eigenvalue weighted by Crippen LogP contribution is 2.27. The molecule has 0 bridgehead atoms. The minimum Gasteiger partial charge on any atom is -0.293 e. The fraction of sp³-hybridized carbons (Fsp3) is 0.300. The van der Waals surface area contributed by atoms with Gasteiger partial charge in [-0.3, -0.25) is 5.32 Å². The summed E-state index contributed by atoms with van der Waals surface area (Å²) >= 11 is 3.41. The first-order valence-corrected chi connectivity index (χ1v) is 4.89. The Balaban J connectivity index is 3.12. The standard InChI is InChI=1S/C10H11BrN2/c1-7(2)9-5-8(11)3-4-10(9)13-6-12/h3-5,7,13H,1-2H3. The fourth-order valence-electron chi connectivity index (χ4n) is 1.19. The van der Waals surface area contributed by atoms with E-state index in [1.165, 1.54) is 0 Å². The maximum atomic E-state index is 8.52. The second kappa shape index (κ2) is 4.29. The van der Waals surface area contributed by atoms with Crippen LogP contribution in [0.1, 0.15) is 25.3 Å². The van der Waals surface area contributed by atoms with Crippen molar-refractivity contribution in [3.05, 3.63) is 28.2 Å². The number of nitrogens with one attached hydrogen (secondary N) is 1. The van der Waals surface area contributed by atoms with Crippen molar-refractivity contribution < 1.29 is 0 Å². The van der Waals surface area contributed by atoms with Crippen LogP contribution in [-0.2, 0) is 0 Å². The molecule has 0 fully saturated rings. The Morgan fingerprint density at radius 1 is 1.46 bits per heavy atom. The average Bonchev–Trinajstić information content (AvgIpc) is 2.08. The molecule has 1 aromatic carbocycles. The maximum Gasteiger partial charge on any atom is 0.181 e. The molecule has 0 unspecified atom stereocenters. The SMILES string of the molecule is CC(C)c1cc(Br)ccc1NC#N. The van der Waals surface area contributed by atoms with Crippen LogP contribution >= 0.6 is 15.9 Å². The predicted octanol–water partition coefficient (Wildman–Crippen LogP) is 3.47. The predicted molar refractivity (Wildman–Crippen MR) is 57.5 cm³/mol. The first-order chi connectivity index (χ1) is 6.15. The summed E-state index contributed by atoms with van der Waals surface area (Å²) in [4.78, 5) is 0. The zero-order valence-electron chi connectivity index (χ0n) is 7.63. The minimum absolute atomic E-state index is 0.411. The minimum atomic E-state index is 0.411. The van der Waals surface area contributed by atoms with E-state index in [9.17, 15) is 0 Å². The third-order valence-corrected chi connectivity index (χ3v) is 2.32. The quantitative estimate of drug-likeness (QED) is 0.633. The van der Waals surface area contributed by atoms with Crippen LogP contribution in [-0.4, -0.2) is 0 Å². The molecule has 0 saturated carbocycles. The topological polar surface area (TPSA) is 35.8 Å². The van der Waals surface area contributed by atoms with E-state index in [1.54, 1.807) is 0 Å². The number of nitriles is 1. The smallest absolute Gasteiger partial charge is 0.181 e. The lowest BCUT2D eigenvalue weighted by Crippen LogP contribution is -1.96. The van der Waals surface area contributed by atoms with Crippen molar-refractivity contribution >= 4 is 21.6 Å². The molecule has 2 nitrogen and oxygen atoms in total. The summed E-state index contributed by atoms with van der Waals surface area (Å²) in [6, 6.07) is 5.86. The molecule has 68 valence electrons. The number of nitrogens with zero attached hydrogens (tertiary/aromatic N) is 1. The van der Waals surface area contributed by atoms with Crippen molar-refractivity contribution in [3.63, 3.8) is 0 Å². The van der Waals surface area contributed by atoms with Crippen molar-refractivity contribution in [3.8, 4) is 6.19 Å². The molecule has 0 spiro atoms. The van der Waals surface area contributed by atoms with E-state index < -0.39 is 0 Å². The van der Waals surface area contributed by atoms with E-state index in [-0.39, 0.29) is 0 Å². The zero-order valence-corrected chi connectivity index (χ0v) is 9.22. The molecule has 3 heteroatoms. The van der Waals surface area contributed by atoms with E-state index in [0.29, 0.717) is 5.92 Å². The normalized spacial score (nSPS) is 9.77. The van der Waals surface area contributed by atoms with Gasteiger partial charge in [-0.1, -0.05) is 29.8 Å². The Labute approximate surface area is 86.7 Å². The Bertz CT molecular complexity index is 339. The lowest BCUT2D eigenvalue weighted by molar-refractivity contribution is 0.868. The lowest BCUT2D eigenvalue weighted by Gasteiger charge is -2.11. The Kier molecular flexibility index (Phi) is 3.32. The van der Waals surface area contributed by atoms with Crippen LogP contribution < -0.4 is 5.32 Å². The molecule has 1 N–H and O–H groups in total. The molecule has 1 rings (SSSR count). The van der Waals surface area contributed by atoms with Crippen LogP contribution in [0.25, 0.3) is 0 Å². The number of hydrogen-bond donors (Lipinski definition) is 1. The molecule has 1 aromatic rings. The van der Waals surface area contributed by atoms with Gasteiger partial charge in [-0.2, -0.15) is 5.26 Å². The first kappa shape index (κ1) is 10.1. The van der Waals surface area contributed by atoms with Crippen molar-refractivity contribution in [2.75, 3.05) is 5.32 Å². The highest BCUT2D eigenvalue weighted by molar-refractivity contribution is 9.10. The number of halogens is 1. The second-order valence-electron chi connectivity index (χ2n) is 3.12. The highest BCUT2D eigenvalue weighted by atomic mass is 79.9. The van der Waals surface area contributed by atoms with E-state index in [4.69, 9.17) is 5.26 Å². The number of benzene rings is 1. The first-order valence-electron chi connectivity index (χ1n) is 4.09. The molecule has 13 heavy (non-hydrogen) atoms. The Morgan fingerprint density at radius 2 is 2.15 bits per heavy atom. The van der Waals surface area contributed by atoms with Gasteiger partial charge in [0.25, 0.3) is 0 Å². The molecular weight excluding hydrogens is 228 g/mol. The van der Waals surface area contributed by atoms with Gasteiger partial charge < -0.3 is 0 Å². The van der Waals surface area contributed by atoms with Crippen LogP contribution in [0.4, 0.5) is 5.69 Å². The molecule has 0 atom stereocenters. The Hall–Kier alpha value is -1.01. The molecular formula is C10H11BrN2. The number of anilines is 1. The second-order valence-corrected chi connectivity index (χ2v) is 4.04. The summed E-state index contributed by atoms with van der Waals surface area (Å²) in [5.41, 5.74) is 2.04. The summed E-state index contributed by atoms with van der Waals surface area (Å²) < 4.78 is 1.04. The van der Waals surface area contributed by atoms with Crippen LogP contribution in [0.3, 0.4) is 0 Å². The summed E-state index contributed by atoms with van der Waals surface area (Å²) in [7, 11) is 0. The van der Waals surface area contributed by atoms with Gasteiger partial charge in [-0.05, 0) is 29.7 Å². The largest absolute Gasteiger partial charge is 0.293 e.